The van der Waals surface area contributed by atoms with Crippen LogP contribution in [0.4, 0.5) is 11.5 Å². The van der Waals surface area contributed by atoms with Gasteiger partial charge in [-0.25, -0.2) is 4.68 Å². The van der Waals surface area contributed by atoms with E-state index in [9.17, 15) is 4.79 Å². The van der Waals surface area contributed by atoms with Crippen LogP contribution in [0.15, 0.2) is 41.2 Å². The highest BCUT2D eigenvalue weighted by molar-refractivity contribution is 5.92. The molecule has 0 atom stereocenters. The molecule has 10 nitrogen and oxygen atoms in total. The summed E-state index contributed by atoms with van der Waals surface area (Å²) in [6.07, 6.45) is 3.26. The molecule has 0 bridgehead atoms. The normalized spacial score (nSPS) is 10.9. The van der Waals surface area contributed by atoms with Gasteiger partial charge in [0.05, 0.1) is 0 Å². The summed E-state index contributed by atoms with van der Waals surface area (Å²) in [7, 11) is 0. The maximum atomic E-state index is 12.5. The first kappa shape index (κ1) is 19.2. The van der Waals surface area contributed by atoms with E-state index in [1.54, 1.807) is 24.5 Å². The van der Waals surface area contributed by atoms with Gasteiger partial charge in [-0.1, -0.05) is 28.1 Å². The van der Waals surface area contributed by atoms with Crippen molar-refractivity contribution in [1.29, 1.82) is 0 Å². The first-order valence-corrected chi connectivity index (χ1v) is 9.23. The van der Waals surface area contributed by atoms with E-state index in [1.165, 1.54) is 4.68 Å². The molecular weight excluding hydrogens is 384 g/mol. The molecule has 4 aromatic rings. The van der Waals surface area contributed by atoms with Crippen LogP contribution in [0.1, 0.15) is 16.7 Å². The van der Waals surface area contributed by atoms with Crippen molar-refractivity contribution < 1.29 is 9.32 Å². The SMILES string of the molecule is Cc1cc(C)c(NC(=O)Cn2nnc(-c3nc(-c4ccncc4)no3)c2N)c(C)c1. The van der Waals surface area contributed by atoms with E-state index < -0.39 is 0 Å². The highest BCUT2D eigenvalue weighted by Gasteiger charge is 2.20. The largest absolute Gasteiger partial charge is 0.382 e. The molecule has 0 saturated heterocycles. The van der Waals surface area contributed by atoms with Crippen LogP contribution in [0.2, 0.25) is 0 Å². The van der Waals surface area contributed by atoms with Gasteiger partial charge in [0, 0.05) is 23.6 Å². The predicted octanol–water partition coefficient (Wildman–Crippen LogP) is 2.54. The molecule has 0 unspecified atom stereocenters. The number of carbonyl (C=O) groups excluding carboxylic acids is 1. The third-order valence-electron chi connectivity index (χ3n) is 4.58. The standard InChI is InChI=1S/C20H20N8O2/c1-11-8-12(2)16(13(3)9-11)23-15(29)10-28-18(21)17(25-27-28)20-24-19(26-30-20)14-4-6-22-7-5-14/h4-9H,10,21H2,1-3H3,(H,23,29). The Hall–Kier alpha value is -4.08. The van der Waals surface area contributed by atoms with Gasteiger partial charge in [0.1, 0.15) is 6.54 Å². The summed E-state index contributed by atoms with van der Waals surface area (Å²) < 4.78 is 6.56. The number of nitrogens with zero attached hydrogens (tertiary/aromatic N) is 6. The van der Waals surface area contributed by atoms with Crippen LogP contribution < -0.4 is 11.1 Å². The maximum Gasteiger partial charge on any atom is 0.282 e. The number of hydrogen-bond donors (Lipinski definition) is 2. The number of anilines is 2. The zero-order valence-electron chi connectivity index (χ0n) is 16.7. The van der Waals surface area contributed by atoms with Crippen molar-refractivity contribution in [2.24, 2.45) is 0 Å². The molecule has 3 N–H and O–H groups in total. The number of pyridine rings is 1. The van der Waals surface area contributed by atoms with Crippen molar-refractivity contribution in [1.82, 2.24) is 30.1 Å². The number of carbonyl (C=O) groups is 1. The second-order valence-corrected chi connectivity index (χ2v) is 6.96. The fraction of sp³-hybridized carbons (Fsp3) is 0.200. The van der Waals surface area contributed by atoms with Gasteiger partial charge in [0.25, 0.3) is 5.89 Å². The van der Waals surface area contributed by atoms with E-state index in [4.69, 9.17) is 10.3 Å². The Balaban J connectivity index is 1.52. The average Bonchev–Trinajstić information content (AvgIpc) is 3.33. The fourth-order valence-corrected chi connectivity index (χ4v) is 3.22. The summed E-state index contributed by atoms with van der Waals surface area (Å²) >= 11 is 0. The third-order valence-corrected chi connectivity index (χ3v) is 4.58. The summed E-state index contributed by atoms with van der Waals surface area (Å²) in [4.78, 5) is 20.8. The molecule has 1 amide bonds. The van der Waals surface area contributed by atoms with Crippen LogP contribution in [0.25, 0.3) is 23.0 Å². The first-order valence-electron chi connectivity index (χ1n) is 9.23. The van der Waals surface area contributed by atoms with Gasteiger partial charge in [-0.15, -0.1) is 5.10 Å². The number of benzene rings is 1. The number of nitrogens with two attached hydrogens (primary N) is 1. The van der Waals surface area contributed by atoms with Gasteiger partial charge in [-0.2, -0.15) is 4.98 Å². The zero-order chi connectivity index (χ0) is 21.3. The quantitative estimate of drug-likeness (QED) is 0.517. The van der Waals surface area contributed by atoms with Crippen molar-refractivity contribution in [2.75, 3.05) is 11.1 Å². The van der Waals surface area contributed by atoms with Crippen molar-refractivity contribution >= 4 is 17.4 Å². The predicted molar refractivity (Wildman–Crippen MR) is 110 cm³/mol. The van der Waals surface area contributed by atoms with E-state index in [-0.39, 0.29) is 29.9 Å². The van der Waals surface area contributed by atoms with Crippen LogP contribution in [-0.2, 0) is 11.3 Å². The maximum absolute atomic E-state index is 12.5. The van der Waals surface area contributed by atoms with Crippen LogP contribution in [0, 0.1) is 20.8 Å². The number of nitrogen functional groups attached to an aromatic ring is 1. The zero-order valence-corrected chi connectivity index (χ0v) is 16.7. The highest BCUT2D eigenvalue weighted by atomic mass is 16.5. The Labute approximate surface area is 172 Å². The second kappa shape index (κ2) is 7.74. The van der Waals surface area contributed by atoms with Gasteiger partial charge in [0.2, 0.25) is 11.7 Å². The summed E-state index contributed by atoms with van der Waals surface area (Å²) in [5.74, 6) is 0.393. The molecule has 0 aliphatic heterocycles. The van der Waals surface area contributed by atoms with Crippen molar-refractivity contribution in [3.8, 4) is 23.0 Å². The van der Waals surface area contributed by atoms with Crippen molar-refractivity contribution in [2.45, 2.75) is 27.3 Å². The van der Waals surface area contributed by atoms with Crippen molar-refractivity contribution in [3.05, 3.63) is 53.3 Å². The van der Waals surface area contributed by atoms with Gasteiger partial charge in [-0.3, -0.25) is 9.78 Å². The van der Waals surface area contributed by atoms with Crippen LogP contribution in [-0.4, -0.2) is 36.0 Å². The summed E-state index contributed by atoms with van der Waals surface area (Å²) in [6, 6.07) is 7.55. The van der Waals surface area contributed by atoms with Gasteiger partial charge in [0.15, 0.2) is 11.5 Å². The molecule has 10 heteroatoms. The number of aromatic nitrogens is 6. The van der Waals surface area contributed by atoms with E-state index >= 15 is 0 Å². The Bertz CT molecular complexity index is 1190. The molecule has 0 aliphatic rings. The molecule has 0 saturated carbocycles. The summed E-state index contributed by atoms with van der Waals surface area (Å²) in [5, 5.41) is 14.8. The molecule has 0 fully saturated rings. The topological polar surface area (TPSA) is 138 Å². The minimum atomic E-state index is -0.267. The molecule has 30 heavy (non-hydrogen) atoms. The molecule has 0 aliphatic carbocycles. The minimum Gasteiger partial charge on any atom is -0.382 e. The lowest BCUT2D eigenvalue weighted by Crippen LogP contribution is -2.21. The van der Waals surface area contributed by atoms with E-state index in [1.807, 2.05) is 32.9 Å². The Morgan fingerprint density at radius 2 is 1.87 bits per heavy atom. The van der Waals surface area contributed by atoms with Crippen LogP contribution in [0.5, 0.6) is 0 Å². The van der Waals surface area contributed by atoms with Gasteiger partial charge in [-0.05, 0) is 44.0 Å². The van der Waals surface area contributed by atoms with Crippen LogP contribution in [0.3, 0.4) is 0 Å². The highest BCUT2D eigenvalue weighted by Crippen LogP contribution is 2.25. The Kier molecular flexibility index (Phi) is 4.97. The molecule has 0 radical (unpaired) electrons. The molecule has 3 aromatic heterocycles. The monoisotopic (exact) mass is 404 g/mol. The number of nitrogens with one attached hydrogen (secondary N) is 1. The van der Waals surface area contributed by atoms with Crippen LogP contribution >= 0.6 is 0 Å². The lowest BCUT2D eigenvalue weighted by Gasteiger charge is -2.13. The molecule has 1 aromatic carbocycles. The molecule has 4 rings (SSSR count). The number of hydrogen-bond acceptors (Lipinski definition) is 8. The van der Waals surface area contributed by atoms with Crippen molar-refractivity contribution in [3.63, 3.8) is 0 Å². The van der Waals surface area contributed by atoms with Gasteiger partial charge < -0.3 is 15.6 Å². The lowest BCUT2D eigenvalue weighted by molar-refractivity contribution is -0.116. The molecular formula is C20H20N8O2. The summed E-state index contributed by atoms with van der Waals surface area (Å²) in [6.45, 7) is 5.82. The van der Waals surface area contributed by atoms with Gasteiger partial charge >= 0.3 is 0 Å². The number of rotatable bonds is 5. The minimum absolute atomic E-state index is 0.100. The Morgan fingerprint density at radius 1 is 1.17 bits per heavy atom. The van der Waals surface area contributed by atoms with E-state index in [0.717, 1.165) is 27.9 Å². The molecule has 152 valence electrons. The number of amides is 1. The smallest absolute Gasteiger partial charge is 0.282 e. The fourth-order valence-electron chi connectivity index (χ4n) is 3.22. The lowest BCUT2D eigenvalue weighted by atomic mass is 10.1. The molecule has 0 spiro atoms. The number of aryl methyl sites for hydroxylation is 3. The molecule has 3 heterocycles. The second-order valence-electron chi connectivity index (χ2n) is 6.96. The summed E-state index contributed by atoms with van der Waals surface area (Å²) in [5.41, 5.74) is 11.0. The first-order chi connectivity index (χ1) is 14.4. The Morgan fingerprint density at radius 3 is 2.57 bits per heavy atom. The average molecular weight is 404 g/mol. The van der Waals surface area contributed by atoms with E-state index in [0.29, 0.717) is 5.82 Å². The third kappa shape index (κ3) is 3.75. The van der Waals surface area contributed by atoms with E-state index in [2.05, 4.69) is 30.8 Å².